The number of hydrogen-bond donors (Lipinski definition) is 1. The Bertz CT molecular complexity index is 1340. The van der Waals surface area contributed by atoms with Crippen molar-refractivity contribution < 1.29 is 16.8 Å². The number of rotatable bonds is 5. The second kappa shape index (κ2) is 7.56. The monoisotopic (exact) mass is 482 g/mol. The molecule has 1 aliphatic carbocycles. The fourth-order valence-electron chi connectivity index (χ4n) is 3.80. The van der Waals surface area contributed by atoms with Crippen molar-refractivity contribution in [1.29, 1.82) is 0 Å². The number of sulfonamides is 1. The third kappa shape index (κ3) is 4.49. The van der Waals surface area contributed by atoms with Gasteiger partial charge in [-0.25, -0.2) is 21.8 Å². The summed E-state index contributed by atoms with van der Waals surface area (Å²) in [7, 11) is -7.29. The van der Waals surface area contributed by atoms with E-state index in [1.807, 2.05) is 20.8 Å². The fraction of sp³-hybridized carbons (Fsp3) is 0.500. The van der Waals surface area contributed by atoms with Crippen molar-refractivity contribution in [3.8, 4) is 0 Å². The maximum Gasteiger partial charge on any atom is 0.267 e. The summed E-state index contributed by atoms with van der Waals surface area (Å²) in [6.45, 7) is 5.83. The molecule has 2 heterocycles. The first kappa shape index (κ1) is 22.2. The van der Waals surface area contributed by atoms with Gasteiger partial charge in [-0.2, -0.15) is 5.10 Å². The van der Waals surface area contributed by atoms with Crippen LogP contribution in [-0.2, 0) is 25.3 Å². The molecule has 0 amide bonds. The number of thiazole rings is 1. The van der Waals surface area contributed by atoms with Crippen LogP contribution in [0.4, 0.5) is 5.13 Å². The standard InChI is InChI=1S/C20H26N4O4S3/c1-20(2,3)18-17(12-24(22-18)13-7-5-6-8-13)31(27,28)23-19-21-15-10-9-14(30(4,25)26)11-16(15)29-19/h9-13H,5-8H2,1-4H3,(H,21,23). The van der Waals surface area contributed by atoms with Crippen LogP contribution in [-0.4, -0.2) is 37.9 Å². The molecule has 0 unspecified atom stereocenters. The van der Waals surface area contributed by atoms with Crippen LogP contribution in [0.25, 0.3) is 10.2 Å². The van der Waals surface area contributed by atoms with E-state index in [4.69, 9.17) is 0 Å². The van der Waals surface area contributed by atoms with Gasteiger partial charge in [-0.05, 0) is 31.0 Å². The number of fused-ring (bicyclic) bond motifs is 1. The van der Waals surface area contributed by atoms with Crippen LogP contribution >= 0.6 is 11.3 Å². The first-order valence-corrected chi connectivity index (χ1v) is 14.3. The lowest BCUT2D eigenvalue weighted by Gasteiger charge is -2.17. The average Bonchev–Trinajstić information content (AvgIpc) is 3.37. The molecular formula is C20H26N4O4S3. The second-order valence-electron chi connectivity index (χ2n) is 9.04. The van der Waals surface area contributed by atoms with Gasteiger partial charge in [-0.15, -0.1) is 0 Å². The van der Waals surface area contributed by atoms with Gasteiger partial charge >= 0.3 is 0 Å². The lowest BCUT2D eigenvalue weighted by molar-refractivity contribution is 0.448. The Balaban J connectivity index is 1.72. The summed E-state index contributed by atoms with van der Waals surface area (Å²) in [5.74, 6) is 0. The molecule has 0 aliphatic heterocycles. The minimum atomic E-state index is -3.93. The van der Waals surface area contributed by atoms with Gasteiger partial charge in [0.2, 0.25) is 0 Å². The van der Waals surface area contributed by atoms with E-state index in [0.29, 0.717) is 15.9 Å². The van der Waals surface area contributed by atoms with Gasteiger partial charge in [0.25, 0.3) is 10.0 Å². The quantitative estimate of drug-likeness (QED) is 0.586. The Morgan fingerprint density at radius 3 is 2.42 bits per heavy atom. The predicted octanol–water partition coefficient (Wildman–Crippen LogP) is 4.11. The van der Waals surface area contributed by atoms with E-state index in [9.17, 15) is 16.8 Å². The Labute approximate surface area is 186 Å². The summed E-state index contributed by atoms with van der Waals surface area (Å²) in [5.41, 5.74) is 0.603. The molecule has 1 aliphatic rings. The number of sulfone groups is 1. The van der Waals surface area contributed by atoms with Crippen molar-refractivity contribution >= 4 is 46.5 Å². The van der Waals surface area contributed by atoms with Crippen LogP contribution in [0.2, 0.25) is 0 Å². The zero-order chi connectivity index (χ0) is 22.6. The molecule has 0 radical (unpaired) electrons. The van der Waals surface area contributed by atoms with E-state index < -0.39 is 25.3 Å². The first-order chi connectivity index (χ1) is 14.3. The SMILES string of the molecule is CC(C)(C)c1nn(C2CCCC2)cc1S(=O)(=O)Nc1nc2ccc(S(C)(=O)=O)cc2s1. The molecule has 11 heteroatoms. The van der Waals surface area contributed by atoms with Crippen molar-refractivity contribution in [3.63, 3.8) is 0 Å². The van der Waals surface area contributed by atoms with Gasteiger partial charge in [0, 0.05) is 17.9 Å². The van der Waals surface area contributed by atoms with Crippen molar-refractivity contribution in [3.05, 3.63) is 30.1 Å². The molecular weight excluding hydrogens is 456 g/mol. The van der Waals surface area contributed by atoms with Crippen molar-refractivity contribution in [2.45, 2.75) is 67.7 Å². The predicted molar refractivity (Wildman–Crippen MR) is 122 cm³/mol. The van der Waals surface area contributed by atoms with Crippen LogP contribution < -0.4 is 4.72 Å². The summed E-state index contributed by atoms with van der Waals surface area (Å²) < 4.78 is 55.2. The fourth-order valence-corrected chi connectivity index (χ4v) is 7.00. The van der Waals surface area contributed by atoms with E-state index in [0.717, 1.165) is 43.3 Å². The second-order valence-corrected chi connectivity index (χ2v) is 13.7. The largest absolute Gasteiger partial charge is 0.268 e. The number of nitrogens with zero attached hydrogens (tertiary/aromatic N) is 3. The zero-order valence-electron chi connectivity index (χ0n) is 17.9. The molecule has 1 saturated carbocycles. The number of benzene rings is 1. The number of nitrogens with one attached hydrogen (secondary N) is 1. The Morgan fingerprint density at radius 2 is 1.81 bits per heavy atom. The van der Waals surface area contributed by atoms with Crippen LogP contribution in [0.15, 0.2) is 34.2 Å². The summed E-state index contributed by atoms with van der Waals surface area (Å²) in [4.78, 5) is 4.66. The van der Waals surface area contributed by atoms with Gasteiger partial charge in [-0.3, -0.25) is 9.40 Å². The number of anilines is 1. The molecule has 0 spiro atoms. The van der Waals surface area contributed by atoms with Gasteiger partial charge in [0.15, 0.2) is 15.0 Å². The molecule has 0 bridgehead atoms. The molecule has 31 heavy (non-hydrogen) atoms. The maximum absolute atomic E-state index is 13.3. The Hall–Kier alpha value is -1.98. The third-order valence-electron chi connectivity index (χ3n) is 5.41. The third-order valence-corrected chi connectivity index (χ3v) is 8.92. The minimum absolute atomic E-state index is 0.156. The van der Waals surface area contributed by atoms with E-state index in [1.165, 1.54) is 12.1 Å². The van der Waals surface area contributed by atoms with Crippen LogP contribution in [0.1, 0.15) is 58.2 Å². The molecule has 0 saturated heterocycles. The molecule has 2 aromatic heterocycles. The molecule has 1 aromatic carbocycles. The van der Waals surface area contributed by atoms with E-state index >= 15 is 0 Å². The van der Waals surface area contributed by atoms with E-state index in [-0.39, 0.29) is 21.0 Å². The topological polar surface area (TPSA) is 111 Å². The zero-order valence-corrected chi connectivity index (χ0v) is 20.4. The minimum Gasteiger partial charge on any atom is -0.268 e. The van der Waals surface area contributed by atoms with Gasteiger partial charge in [0.1, 0.15) is 4.90 Å². The van der Waals surface area contributed by atoms with E-state index in [2.05, 4.69) is 14.8 Å². The van der Waals surface area contributed by atoms with Gasteiger partial charge in [-0.1, -0.05) is 44.9 Å². The molecule has 8 nitrogen and oxygen atoms in total. The highest BCUT2D eigenvalue weighted by molar-refractivity contribution is 7.93. The lowest BCUT2D eigenvalue weighted by atomic mass is 9.92. The van der Waals surface area contributed by atoms with Gasteiger partial charge < -0.3 is 0 Å². The summed E-state index contributed by atoms with van der Waals surface area (Å²) in [5, 5.41) is 4.86. The lowest BCUT2D eigenvalue weighted by Crippen LogP contribution is -2.20. The van der Waals surface area contributed by atoms with Crippen molar-refractivity contribution in [2.75, 3.05) is 11.0 Å². The summed E-state index contributed by atoms with van der Waals surface area (Å²) >= 11 is 1.10. The normalized spacial score (nSPS) is 16.3. The molecule has 1 fully saturated rings. The van der Waals surface area contributed by atoms with Crippen LogP contribution in [0, 0.1) is 0 Å². The smallest absolute Gasteiger partial charge is 0.267 e. The highest BCUT2D eigenvalue weighted by Gasteiger charge is 2.32. The maximum atomic E-state index is 13.3. The Morgan fingerprint density at radius 1 is 1.13 bits per heavy atom. The average molecular weight is 483 g/mol. The molecule has 4 rings (SSSR count). The highest BCUT2D eigenvalue weighted by atomic mass is 32.2. The first-order valence-electron chi connectivity index (χ1n) is 10.1. The molecule has 0 atom stereocenters. The molecule has 168 valence electrons. The highest BCUT2D eigenvalue weighted by Crippen LogP contribution is 2.35. The van der Waals surface area contributed by atoms with Crippen LogP contribution in [0.5, 0.6) is 0 Å². The number of aromatic nitrogens is 3. The van der Waals surface area contributed by atoms with Gasteiger partial charge in [0.05, 0.1) is 26.8 Å². The number of hydrogen-bond acceptors (Lipinski definition) is 7. The van der Waals surface area contributed by atoms with E-state index in [1.54, 1.807) is 16.9 Å². The van der Waals surface area contributed by atoms with Crippen molar-refractivity contribution in [2.24, 2.45) is 0 Å². The Kier molecular flexibility index (Phi) is 5.42. The summed E-state index contributed by atoms with van der Waals surface area (Å²) in [6.07, 6.45) is 7.01. The molecule has 1 N–H and O–H groups in total. The van der Waals surface area contributed by atoms with Crippen molar-refractivity contribution in [1.82, 2.24) is 14.8 Å². The summed E-state index contributed by atoms with van der Waals surface area (Å²) in [6, 6.07) is 4.79. The van der Waals surface area contributed by atoms with Crippen LogP contribution in [0.3, 0.4) is 0 Å². The molecule has 3 aromatic rings.